The van der Waals surface area contributed by atoms with E-state index in [9.17, 15) is 0 Å². The van der Waals surface area contributed by atoms with E-state index in [1.54, 1.807) is 0 Å². The third-order valence-electron chi connectivity index (χ3n) is 12.2. The summed E-state index contributed by atoms with van der Waals surface area (Å²) in [6.45, 7) is 0. The first-order valence-electron chi connectivity index (χ1n) is 19.8. The van der Waals surface area contributed by atoms with Crippen molar-refractivity contribution in [3.63, 3.8) is 0 Å². The molecule has 0 N–H and O–H groups in total. The fraction of sp³-hybridized carbons (Fsp3) is 0. The lowest BCUT2D eigenvalue weighted by Crippen LogP contribution is -1.94. The summed E-state index contributed by atoms with van der Waals surface area (Å²) < 4.78 is 13.7. The van der Waals surface area contributed by atoms with Crippen LogP contribution in [0.4, 0.5) is 0 Å². The van der Waals surface area contributed by atoms with Crippen molar-refractivity contribution in [2.75, 3.05) is 0 Å². The molecular weight excluding hydrogens is 707 g/mol. The van der Waals surface area contributed by atoms with Crippen molar-refractivity contribution in [2.45, 2.75) is 0 Å². The van der Waals surface area contributed by atoms with E-state index in [-0.39, 0.29) is 0 Å². The molecule has 0 spiro atoms. The molecule has 0 radical (unpaired) electrons. The second-order valence-corrected chi connectivity index (χ2v) is 15.3. The van der Waals surface area contributed by atoms with Crippen LogP contribution in [0, 0.1) is 0 Å². The highest BCUT2D eigenvalue weighted by Gasteiger charge is 2.18. The summed E-state index contributed by atoms with van der Waals surface area (Å²) in [5.41, 5.74) is 14.6. The average molecular weight is 740 g/mol. The maximum atomic E-state index is 6.59. The van der Waals surface area contributed by atoms with Crippen LogP contribution >= 0.6 is 0 Å². The van der Waals surface area contributed by atoms with Gasteiger partial charge in [-0.15, -0.1) is 0 Å². The topological polar surface area (TPSA) is 27.9 Å². The Bertz CT molecular complexity index is 3750. The first-order valence-corrected chi connectivity index (χ1v) is 19.8. The van der Waals surface area contributed by atoms with E-state index in [1.165, 1.54) is 76.5 Å². The van der Waals surface area contributed by atoms with E-state index in [4.69, 9.17) is 4.42 Å². The number of hydrogen-bond donors (Lipinski definition) is 0. The Morgan fingerprint density at radius 1 is 0.241 bits per heavy atom. The molecule has 4 heteroatoms. The van der Waals surface area contributed by atoms with Gasteiger partial charge >= 0.3 is 0 Å². The molecular formula is C54H33N3O. The Morgan fingerprint density at radius 2 is 0.707 bits per heavy atom. The Kier molecular flexibility index (Phi) is 6.41. The van der Waals surface area contributed by atoms with Crippen molar-refractivity contribution in [1.82, 2.24) is 13.7 Å². The number of nitrogens with zero attached hydrogens (tertiary/aromatic N) is 3. The normalized spacial score (nSPS) is 12.1. The molecule has 270 valence electrons. The molecule has 0 unspecified atom stereocenters. The molecule has 0 aliphatic carbocycles. The predicted octanol–water partition coefficient (Wildman–Crippen LogP) is 14.5. The van der Waals surface area contributed by atoms with E-state index in [1.807, 2.05) is 0 Å². The minimum Gasteiger partial charge on any atom is -0.456 e. The van der Waals surface area contributed by atoms with Gasteiger partial charge in [0.1, 0.15) is 11.2 Å². The molecule has 0 aliphatic heterocycles. The fourth-order valence-electron chi connectivity index (χ4n) is 9.67. The summed E-state index contributed by atoms with van der Waals surface area (Å²) in [7, 11) is 0. The van der Waals surface area contributed by atoms with Crippen molar-refractivity contribution in [3.8, 4) is 28.2 Å². The largest absolute Gasteiger partial charge is 0.456 e. The summed E-state index contributed by atoms with van der Waals surface area (Å²) >= 11 is 0. The number of benzene rings is 9. The molecule has 13 rings (SSSR count). The predicted molar refractivity (Wildman–Crippen MR) is 242 cm³/mol. The maximum Gasteiger partial charge on any atom is 0.137 e. The zero-order valence-electron chi connectivity index (χ0n) is 31.3. The molecule has 0 fully saturated rings. The van der Waals surface area contributed by atoms with Crippen LogP contribution in [0.2, 0.25) is 0 Å². The average Bonchev–Trinajstić information content (AvgIpc) is 4.02. The third kappa shape index (κ3) is 4.40. The number of hydrogen-bond acceptors (Lipinski definition) is 1. The fourth-order valence-corrected chi connectivity index (χ4v) is 9.67. The Labute approximate surface area is 332 Å². The molecule has 0 aliphatic rings. The van der Waals surface area contributed by atoms with Gasteiger partial charge < -0.3 is 18.1 Å². The quantitative estimate of drug-likeness (QED) is 0.177. The maximum absolute atomic E-state index is 6.59. The zero-order valence-corrected chi connectivity index (χ0v) is 31.3. The van der Waals surface area contributed by atoms with Crippen LogP contribution in [0.15, 0.2) is 205 Å². The van der Waals surface area contributed by atoms with Gasteiger partial charge in [-0.2, -0.15) is 0 Å². The van der Waals surface area contributed by atoms with Gasteiger partial charge in [0.25, 0.3) is 0 Å². The minimum atomic E-state index is 0.877. The van der Waals surface area contributed by atoms with Gasteiger partial charge in [0.05, 0.1) is 33.1 Å². The highest BCUT2D eigenvalue weighted by Crippen LogP contribution is 2.40. The third-order valence-corrected chi connectivity index (χ3v) is 12.2. The molecule has 0 amide bonds. The van der Waals surface area contributed by atoms with E-state index in [0.29, 0.717) is 0 Å². The molecule has 13 aromatic rings. The Balaban J connectivity index is 0.955. The molecule has 0 saturated carbocycles. The van der Waals surface area contributed by atoms with Crippen LogP contribution in [-0.2, 0) is 0 Å². The first-order chi connectivity index (χ1) is 28.8. The number of aromatic nitrogens is 3. The van der Waals surface area contributed by atoms with Gasteiger partial charge in [0, 0.05) is 66.2 Å². The smallest absolute Gasteiger partial charge is 0.137 e. The van der Waals surface area contributed by atoms with Crippen molar-refractivity contribution >= 4 is 87.4 Å². The summed E-state index contributed by atoms with van der Waals surface area (Å²) in [5, 5.41) is 9.68. The molecule has 9 aromatic carbocycles. The van der Waals surface area contributed by atoms with Crippen LogP contribution in [0.3, 0.4) is 0 Å². The zero-order chi connectivity index (χ0) is 37.9. The van der Waals surface area contributed by atoms with Crippen molar-refractivity contribution in [1.29, 1.82) is 0 Å². The van der Waals surface area contributed by atoms with E-state index >= 15 is 0 Å². The monoisotopic (exact) mass is 739 g/mol. The van der Waals surface area contributed by atoms with Crippen LogP contribution in [0.25, 0.3) is 116 Å². The second-order valence-electron chi connectivity index (χ2n) is 15.3. The second kappa shape index (κ2) is 11.8. The number of fused-ring (bicyclic) bond motifs is 12. The van der Waals surface area contributed by atoms with E-state index in [0.717, 1.165) is 39.0 Å². The Hall–Kier alpha value is -7.82. The van der Waals surface area contributed by atoms with Gasteiger partial charge in [-0.1, -0.05) is 109 Å². The lowest BCUT2D eigenvalue weighted by Gasteiger charge is -2.10. The molecule has 4 heterocycles. The number of rotatable bonds is 4. The summed E-state index contributed by atoms with van der Waals surface area (Å²) in [4.78, 5) is 0. The van der Waals surface area contributed by atoms with E-state index in [2.05, 4.69) is 214 Å². The Morgan fingerprint density at radius 3 is 1.36 bits per heavy atom. The van der Waals surface area contributed by atoms with Gasteiger partial charge in [-0.05, 0) is 96.1 Å². The van der Waals surface area contributed by atoms with Crippen LogP contribution in [0.1, 0.15) is 0 Å². The highest BCUT2D eigenvalue weighted by molar-refractivity contribution is 6.14. The van der Waals surface area contributed by atoms with Crippen LogP contribution in [0.5, 0.6) is 0 Å². The van der Waals surface area contributed by atoms with Crippen molar-refractivity contribution in [2.24, 2.45) is 0 Å². The standard InChI is InChI=1S/C54H33N3O/c1-2-12-36(13-3-1)55-47-18-8-6-16-41(47)43-26-22-35(31-52(43)55)34-23-28-51-45(30-34)42-17-7-11-21-50(42)56(51)37-25-29-53-46(32-37)44-27-24-38(33-54(44)58-53)57-48-19-9-4-14-39(48)40-15-5-10-20-49(40)57/h1-33H. The highest BCUT2D eigenvalue weighted by atomic mass is 16.3. The molecule has 0 saturated heterocycles. The lowest BCUT2D eigenvalue weighted by molar-refractivity contribution is 0.668. The van der Waals surface area contributed by atoms with E-state index < -0.39 is 0 Å². The number of para-hydroxylation sites is 5. The lowest BCUT2D eigenvalue weighted by atomic mass is 10.0. The molecule has 0 atom stereocenters. The van der Waals surface area contributed by atoms with Gasteiger partial charge in [0.2, 0.25) is 0 Å². The van der Waals surface area contributed by atoms with Crippen molar-refractivity contribution < 1.29 is 4.42 Å². The summed E-state index contributed by atoms with van der Waals surface area (Å²) in [5.74, 6) is 0. The molecule has 58 heavy (non-hydrogen) atoms. The van der Waals surface area contributed by atoms with Crippen LogP contribution in [-0.4, -0.2) is 13.7 Å². The van der Waals surface area contributed by atoms with Gasteiger partial charge in [-0.3, -0.25) is 0 Å². The van der Waals surface area contributed by atoms with Crippen LogP contribution < -0.4 is 0 Å². The molecule has 4 nitrogen and oxygen atoms in total. The molecule has 0 bridgehead atoms. The van der Waals surface area contributed by atoms with Gasteiger partial charge in [0.15, 0.2) is 0 Å². The number of furan rings is 1. The molecule has 4 aromatic heterocycles. The summed E-state index contributed by atoms with van der Waals surface area (Å²) in [6.07, 6.45) is 0. The van der Waals surface area contributed by atoms with Crippen molar-refractivity contribution in [3.05, 3.63) is 200 Å². The van der Waals surface area contributed by atoms with Gasteiger partial charge in [-0.25, -0.2) is 0 Å². The first kappa shape index (κ1) is 31.4. The minimum absolute atomic E-state index is 0.877. The summed E-state index contributed by atoms with van der Waals surface area (Å²) in [6, 6.07) is 72.5. The SMILES string of the molecule is c1ccc(-n2c3ccccc3c3ccc(-c4ccc5c(c4)c4ccccc4n5-c4ccc5oc6cc(-n7c8ccccc8c8ccccc87)ccc6c5c4)cc32)cc1.